The molecule has 88 valence electrons. The first-order valence-electron chi connectivity index (χ1n) is 5.16. The van der Waals surface area contributed by atoms with Crippen molar-refractivity contribution in [3.8, 4) is 0 Å². The van der Waals surface area contributed by atoms with Crippen molar-refractivity contribution < 1.29 is 13.2 Å². The molecule has 0 unspecified atom stereocenters. The van der Waals surface area contributed by atoms with Gasteiger partial charge in [0.15, 0.2) is 15.6 Å². The molecule has 0 saturated carbocycles. The SMILES string of the molecule is CC[C@@H](C(=O)c1ccccc1C)S(C)(=O)=O. The number of hydrogen-bond acceptors (Lipinski definition) is 3. The molecule has 0 aliphatic heterocycles. The van der Waals surface area contributed by atoms with Crippen molar-refractivity contribution in [2.75, 3.05) is 6.26 Å². The van der Waals surface area contributed by atoms with Crippen LogP contribution in [0.3, 0.4) is 0 Å². The number of aryl methyl sites for hydroxylation is 1. The minimum atomic E-state index is -3.33. The highest BCUT2D eigenvalue weighted by Gasteiger charge is 2.28. The Kier molecular flexibility index (Phi) is 3.86. The van der Waals surface area contributed by atoms with E-state index in [4.69, 9.17) is 0 Å². The Morgan fingerprint density at radius 1 is 1.31 bits per heavy atom. The normalized spacial score (nSPS) is 13.4. The maximum atomic E-state index is 12.1. The quantitative estimate of drug-likeness (QED) is 0.756. The largest absolute Gasteiger partial charge is 0.293 e. The van der Waals surface area contributed by atoms with E-state index in [1.165, 1.54) is 0 Å². The van der Waals surface area contributed by atoms with Crippen LogP contribution in [-0.4, -0.2) is 25.7 Å². The van der Waals surface area contributed by atoms with E-state index in [-0.39, 0.29) is 5.78 Å². The predicted octanol–water partition coefficient (Wildman–Crippen LogP) is 2.00. The van der Waals surface area contributed by atoms with Gasteiger partial charge in [-0.2, -0.15) is 0 Å². The van der Waals surface area contributed by atoms with E-state index in [1.54, 1.807) is 19.1 Å². The third-order valence-electron chi connectivity index (χ3n) is 2.59. The van der Waals surface area contributed by atoms with E-state index in [0.29, 0.717) is 12.0 Å². The predicted molar refractivity (Wildman–Crippen MR) is 64.4 cm³/mol. The van der Waals surface area contributed by atoms with Crippen molar-refractivity contribution in [1.29, 1.82) is 0 Å². The summed E-state index contributed by atoms with van der Waals surface area (Å²) in [5, 5.41) is -0.923. The lowest BCUT2D eigenvalue weighted by molar-refractivity contribution is 0.0985. The summed E-state index contributed by atoms with van der Waals surface area (Å²) in [6.45, 7) is 3.52. The smallest absolute Gasteiger partial charge is 0.181 e. The van der Waals surface area contributed by atoms with E-state index in [2.05, 4.69) is 0 Å². The highest BCUT2D eigenvalue weighted by atomic mass is 32.2. The first-order valence-corrected chi connectivity index (χ1v) is 7.12. The number of benzene rings is 1. The molecule has 0 amide bonds. The zero-order chi connectivity index (χ0) is 12.3. The summed E-state index contributed by atoms with van der Waals surface area (Å²) in [4.78, 5) is 12.1. The van der Waals surface area contributed by atoms with Crippen LogP contribution >= 0.6 is 0 Å². The second kappa shape index (κ2) is 4.78. The Morgan fingerprint density at radius 3 is 2.31 bits per heavy atom. The van der Waals surface area contributed by atoms with Crippen molar-refractivity contribution in [2.45, 2.75) is 25.5 Å². The summed E-state index contributed by atoms with van der Waals surface area (Å²) in [5.41, 5.74) is 1.31. The van der Waals surface area contributed by atoms with Crippen molar-refractivity contribution in [3.63, 3.8) is 0 Å². The van der Waals surface area contributed by atoms with E-state index in [1.807, 2.05) is 19.1 Å². The maximum Gasteiger partial charge on any atom is 0.181 e. The number of Topliss-reactive ketones (excluding diaryl/α,β-unsaturated/α-hetero) is 1. The van der Waals surface area contributed by atoms with Crippen molar-refractivity contribution in [2.24, 2.45) is 0 Å². The Hall–Kier alpha value is -1.16. The highest BCUT2D eigenvalue weighted by molar-refractivity contribution is 7.92. The van der Waals surface area contributed by atoms with Gasteiger partial charge in [-0.15, -0.1) is 0 Å². The second-order valence-corrected chi connectivity index (χ2v) is 6.13. The molecule has 0 heterocycles. The van der Waals surface area contributed by atoms with Crippen LogP contribution in [0.4, 0.5) is 0 Å². The Labute approximate surface area is 96.4 Å². The summed E-state index contributed by atoms with van der Waals surface area (Å²) < 4.78 is 22.9. The third kappa shape index (κ3) is 2.70. The van der Waals surface area contributed by atoms with E-state index in [0.717, 1.165) is 11.8 Å². The van der Waals surface area contributed by atoms with Crippen LogP contribution in [0, 0.1) is 6.92 Å². The van der Waals surface area contributed by atoms with Gasteiger partial charge in [-0.05, 0) is 18.9 Å². The Balaban J connectivity index is 3.16. The second-order valence-electron chi connectivity index (χ2n) is 3.91. The minimum Gasteiger partial charge on any atom is -0.293 e. The number of ketones is 1. The molecule has 0 bridgehead atoms. The summed E-state index contributed by atoms with van der Waals surface area (Å²) in [5.74, 6) is -0.303. The first-order chi connectivity index (χ1) is 7.38. The average molecular weight is 240 g/mol. The fourth-order valence-corrected chi connectivity index (χ4v) is 2.83. The maximum absolute atomic E-state index is 12.1. The zero-order valence-corrected chi connectivity index (χ0v) is 10.5. The first kappa shape index (κ1) is 12.9. The number of hydrogen-bond donors (Lipinski definition) is 0. The Bertz CT molecular complexity index is 489. The molecule has 1 rings (SSSR count). The van der Waals surface area contributed by atoms with Crippen LogP contribution in [0.1, 0.15) is 29.3 Å². The van der Waals surface area contributed by atoms with Gasteiger partial charge in [-0.1, -0.05) is 31.2 Å². The van der Waals surface area contributed by atoms with Crippen molar-refractivity contribution in [1.82, 2.24) is 0 Å². The zero-order valence-electron chi connectivity index (χ0n) is 9.73. The van der Waals surface area contributed by atoms with E-state index in [9.17, 15) is 13.2 Å². The number of rotatable bonds is 4. The molecule has 4 heteroatoms. The molecule has 1 atom stereocenters. The van der Waals surface area contributed by atoms with Crippen LogP contribution < -0.4 is 0 Å². The molecular weight excluding hydrogens is 224 g/mol. The van der Waals surface area contributed by atoms with E-state index >= 15 is 0 Å². The summed E-state index contributed by atoms with van der Waals surface area (Å²) in [7, 11) is -3.33. The van der Waals surface area contributed by atoms with Crippen LogP contribution in [0.25, 0.3) is 0 Å². The lowest BCUT2D eigenvalue weighted by Gasteiger charge is -2.13. The lowest BCUT2D eigenvalue weighted by Crippen LogP contribution is -2.29. The molecule has 0 aromatic heterocycles. The number of carbonyl (C=O) groups excluding carboxylic acids is 1. The molecular formula is C12H16O3S. The van der Waals surface area contributed by atoms with Gasteiger partial charge in [0.2, 0.25) is 0 Å². The van der Waals surface area contributed by atoms with Crippen LogP contribution in [-0.2, 0) is 9.84 Å². The van der Waals surface area contributed by atoms with Crippen LogP contribution in [0.5, 0.6) is 0 Å². The van der Waals surface area contributed by atoms with Crippen molar-refractivity contribution >= 4 is 15.6 Å². The van der Waals surface area contributed by atoms with Gasteiger partial charge >= 0.3 is 0 Å². The molecule has 0 radical (unpaired) electrons. The van der Waals surface area contributed by atoms with E-state index < -0.39 is 15.1 Å². The average Bonchev–Trinajstić information content (AvgIpc) is 2.17. The minimum absolute atomic E-state index is 0.303. The van der Waals surface area contributed by atoms with Gasteiger partial charge in [0.05, 0.1) is 0 Å². The summed E-state index contributed by atoms with van der Waals surface area (Å²) in [6.07, 6.45) is 1.42. The van der Waals surface area contributed by atoms with Crippen molar-refractivity contribution in [3.05, 3.63) is 35.4 Å². The fraction of sp³-hybridized carbons (Fsp3) is 0.417. The molecule has 16 heavy (non-hydrogen) atoms. The van der Waals surface area contributed by atoms with Gasteiger partial charge in [-0.3, -0.25) is 4.79 Å². The molecule has 1 aromatic carbocycles. The molecule has 3 nitrogen and oxygen atoms in total. The molecule has 0 aliphatic rings. The van der Waals surface area contributed by atoms with Gasteiger partial charge in [-0.25, -0.2) is 8.42 Å². The highest BCUT2D eigenvalue weighted by Crippen LogP contribution is 2.16. The monoisotopic (exact) mass is 240 g/mol. The molecule has 0 saturated heterocycles. The molecule has 0 fully saturated rings. The third-order valence-corrected chi connectivity index (χ3v) is 4.17. The van der Waals surface area contributed by atoms with Crippen LogP contribution in [0.2, 0.25) is 0 Å². The number of carbonyl (C=O) groups is 1. The molecule has 0 aliphatic carbocycles. The Morgan fingerprint density at radius 2 is 1.88 bits per heavy atom. The van der Waals surface area contributed by atoms with Gasteiger partial charge < -0.3 is 0 Å². The summed E-state index contributed by atoms with van der Waals surface area (Å²) >= 11 is 0. The number of sulfone groups is 1. The van der Waals surface area contributed by atoms with Gasteiger partial charge in [0.25, 0.3) is 0 Å². The molecule has 0 spiro atoms. The van der Waals surface area contributed by atoms with Gasteiger partial charge in [0, 0.05) is 11.8 Å². The summed E-state index contributed by atoms with van der Waals surface area (Å²) in [6, 6.07) is 7.05. The molecule has 1 aromatic rings. The lowest BCUT2D eigenvalue weighted by atomic mass is 10.0. The van der Waals surface area contributed by atoms with Crippen LogP contribution in [0.15, 0.2) is 24.3 Å². The van der Waals surface area contributed by atoms with Gasteiger partial charge in [0.1, 0.15) is 5.25 Å². The molecule has 0 N–H and O–H groups in total. The fourth-order valence-electron chi connectivity index (χ4n) is 1.71. The standard InChI is InChI=1S/C12H16O3S/c1-4-11(16(3,14)15)12(13)10-8-6-5-7-9(10)2/h5-8,11H,4H2,1-3H3/t11-/m0/s1. The topological polar surface area (TPSA) is 51.2 Å².